The van der Waals surface area contributed by atoms with Crippen LogP contribution in [0.25, 0.3) is 16.4 Å². The Kier molecular flexibility index (Phi) is 5.85. The molecule has 3 heterocycles. The zero-order valence-electron chi connectivity index (χ0n) is 16.2. The predicted molar refractivity (Wildman–Crippen MR) is 113 cm³/mol. The van der Waals surface area contributed by atoms with E-state index in [0.717, 1.165) is 0 Å². The number of thiophene rings is 1. The molecule has 3 aromatic heterocycles. The van der Waals surface area contributed by atoms with Crippen molar-refractivity contribution in [2.75, 3.05) is 12.3 Å². The van der Waals surface area contributed by atoms with Gasteiger partial charge in [0, 0.05) is 0 Å². The van der Waals surface area contributed by atoms with Crippen molar-refractivity contribution in [3.63, 3.8) is 0 Å². The Balaban J connectivity index is 1.51. The second-order valence-electron chi connectivity index (χ2n) is 6.17. The van der Waals surface area contributed by atoms with Crippen LogP contribution in [0, 0.1) is 0 Å². The van der Waals surface area contributed by atoms with Gasteiger partial charge in [-0.15, -0.1) is 16.4 Å². The highest BCUT2D eigenvalue weighted by Gasteiger charge is 2.25. The molecule has 14 heteroatoms. The topological polar surface area (TPSA) is 189 Å². The van der Waals surface area contributed by atoms with Crippen LogP contribution in [0.1, 0.15) is 16.1 Å². The van der Waals surface area contributed by atoms with E-state index < -0.39 is 11.8 Å². The summed E-state index contributed by atoms with van der Waals surface area (Å²) in [7, 11) is 0. The molecule has 32 heavy (non-hydrogen) atoms. The molecule has 4 aromatic rings. The maximum atomic E-state index is 12.7. The monoisotopic (exact) mass is 453 g/mol. The number of nitrogens with zero attached hydrogens (tertiary/aromatic N) is 6. The van der Waals surface area contributed by atoms with Crippen LogP contribution < -0.4 is 21.6 Å². The number of nitrogens with two attached hydrogens (primary N) is 2. The average molecular weight is 453 g/mol. The second kappa shape index (κ2) is 9.05. The van der Waals surface area contributed by atoms with Crippen LogP contribution in [-0.4, -0.2) is 49.9 Å². The molecule has 0 unspecified atom stereocenters. The number of primary amides is 1. The van der Waals surface area contributed by atoms with Gasteiger partial charge in [-0.1, -0.05) is 11.3 Å². The van der Waals surface area contributed by atoms with Crippen LogP contribution in [0.5, 0.6) is 5.75 Å². The van der Waals surface area contributed by atoms with Crippen LogP contribution >= 0.6 is 11.3 Å². The molecule has 4 rings (SSSR count). The molecule has 5 N–H and O–H groups in total. The molecule has 0 radical (unpaired) electrons. The van der Waals surface area contributed by atoms with Crippen molar-refractivity contribution in [2.45, 2.75) is 0 Å². The van der Waals surface area contributed by atoms with E-state index in [1.165, 1.54) is 22.2 Å². The summed E-state index contributed by atoms with van der Waals surface area (Å²) >= 11 is 1.38. The number of rotatable bonds is 8. The first kappa shape index (κ1) is 20.7. The number of nitrogen functional groups attached to an aromatic ring is 1. The summed E-state index contributed by atoms with van der Waals surface area (Å²) in [5, 5.41) is 21.0. The first-order chi connectivity index (χ1) is 15.5. The van der Waals surface area contributed by atoms with Crippen molar-refractivity contribution >= 4 is 35.2 Å². The SMILES string of the molecule is NC(=O)COc1ccc(C=NNC(=O)c2nnn(-c3nonc3N)c2-c2cccs2)cc1. The van der Waals surface area contributed by atoms with Gasteiger partial charge in [-0.3, -0.25) is 9.59 Å². The molecule has 0 spiro atoms. The number of hydrogen-bond donors (Lipinski definition) is 3. The molecule has 0 bridgehead atoms. The Morgan fingerprint density at radius 2 is 2.06 bits per heavy atom. The number of benzene rings is 1. The number of ether oxygens (including phenoxy) is 1. The molecule has 0 aliphatic heterocycles. The summed E-state index contributed by atoms with van der Waals surface area (Å²) in [5.41, 5.74) is 14.3. The first-order valence-corrected chi connectivity index (χ1v) is 9.83. The number of carbonyl (C=O) groups is 2. The van der Waals surface area contributed by atoms with Gasteiger partial charge in [0.2, 0.25) is 11.6 Å². The molecule has 0 aliphatic rings. The first-order valence-electron chi connectivity index (χ1n) is 8.95. The van der Waals surface area contributed by atoms with Gasteiger partial charge in [0.15, 0.2) is 12.3 Å². The number of hydrogen-bond acceptors (Lipinski definition) is 11. The summed E-state index contributed by atoms with van der Waals surface area (Å²) in [5.74, 6) is -0.570. The van der Waals surface area contributed by atoms with Crippen LogP contribution in [0.2, 0.25) is 0 Å². The molecular formula is C18H15N9O4S. The van der Waals surface area contributed by atoms with Crippen molar-refractivity contribution < 1.29 is 19.0 Å². The van der Waals surface area contributed by atoms with Crippen LogP contribution in [0.3, 0.4) is 0 Å². The lowest BCUT2D eigenvalue weighted by molar-refractivity contribution is -0.119. The van der Waals surface area contributed by atoms with Gasteiger partial charge in [-0.25, -0.2) is 10.1 Å². The minimum atomic E-state index is -0.590. The largest absolute Gasteiger partial charge is 0.484 e. The van der Waals surface area contributed by atoms with Crippen LogP contribution in [0.15, 0.2) is 51.5 Å². The van der Waals surface area contributed by atoms with E-state index in [0.29, 0.717) is 21.9 Å². The van der Waals surface area contributed by atoms with Crippen molar-refractivity contribution in [2.24, 2.45) is 10.8 Å². The predicted octanol–water partition coefficient (Wildman–Crippen LogP) is 0.589. The third kappa shape index (κ3) is 4.44. The fourth-order valence-corrected chi connectivity index (χ4v) is 3.33. The lowest BCUT2D eigenvalue weighted by atomic mass is 10.2. The molecular weight excluding hydrogens is 438 g/mol. The summed E-state index contributed by atoms with van der Waals surface area (Å²) in [6.45, 7) is -0.215. The maximum absolute atomic E-state index is 12.7. The van der Waals surface area contributed by atoms with Gasteiger partial charge in [-0.05, 0) is 51.6 Å². The minimum Gasteiger partial charge on any atom is -0.484 e. The van der Waals surface area contributed by atoms with Gasteiger partial charge in [0.25, 0.3) is 11.8 Å². The number of aromatic nitrogens is 5. The number of carbonyl (C=O) groups excluding carboxylic acids is 2. The smallest absolute Gasteiger partial charge is 0.294 e. The molecule has 0 atom stereocenters. The molecule has 162 valence electrons. The van der Waals surface area contributed by atoms with E-state index in [-0.39, 0.29) is 23.9 Å². The van der Waals surface area contributed by atoms with Crippen LogP contribution in [-0.2, 0) is 4.79 Å². The van der Waals surface area contributed by atoms with Crippen LogP contribution in [0.4, 0.5) is 5.82 Å². The lowest BCUT2D eigenvalue weighted by Gasteiger charge is -2.04. The second-order valence-corrected chi connectivity index (χ2v) is 7.12. The van der Waals surface area contributed by atoms with Gasteiger partial charge >= 0.3 is 0 Å². The van der Waals surface area contributed by atoms with Gasteiger partial charge in [-0.2, -0.15) is 9.78 Å². The zero-order valence-corrected chi connectivity index (χ0v) is 17.0. The highest BCUT2D eigenvalue weighted by Crippen LogP contribution is 2.29. The summed E-state index contributed by atoms with van der Waals surface area (Å²) in [6, 6.07) is 10.3. The molecule has 2 amide bonds. The Morgan fingerprint density at radius 3 is 2.72 bits per heavy atom. The number of nitrogens with one attached hydrogen (secondary N) is 1. The summed E-state index contributed by atoms with van der Waals surface area (Å²) in [4.78, 5) is 24.2. The van der Waals surface area contributed by atoms with Gasteiger partial charge in [0.1, 0.15) is 11.4 Å². The Morgan fingerprint density at radius 1 is 1.25 bits per heavy atom. The fourth-order valence-electron chi connectivity index (χ4n) is 2.58. The quantitative estimate of drug-likeness (QED) is 0.253. The van der Waals surface area contributed by atoms with E-state index in [1.54, 1.807) is 30.3 Å². The highest BCUT2D eigenvalue weighted by atomic mass is 32.1. The molecule has 0 saturated carbocycles. The summed E-state index contributed by atoms with van der Waals surface area (Å²) < 4.78 is 11.1. The van der Waals surface area contributed by atoms with Crippen molar-refractivity contribution in [1.29, 1.82) is 0 Å². The lowest BCUT2D eigenvalue weighted by Crippen LogP contribution is -2.20. The van der Waals surface area contributed by atoms with Gasteiger partial charge in [0.05, 0.1) is 11.1 Å². The van der Waals surface area contributed by atoms with Crippen molar-refractivity contribution in [3.05, 3.63) is 53.0 Å². The molecule has 13 nitrogen and oxygen atoms in total. The Bertz CT molecular complexity index is 1260. The standard InChI is InChI=1S/C18H15N9O4S/c19-13(28)9-30-11-5-3-10(4-6-11)8-21-23-18(29)14-15(12-2-1-7-32-12)27(26-22-14)17-16(20)24-31-25-17/h1-8H,9H2,(H2,19,28)(H2,20,24)(H,23,29). The molecule has 0 aliphatic carbocycles. The zero-order chi connectivity index (χ0) is 22.5. The third-order valence-electron chi connectivity index (χ3n) is 3.98. The maximum Gasteiger partial charge on any atom is 0.294 e. The van der Waals surface area contributed by atoms with Gasteiger partial charge < -0.3 is 16.2 Å². The number of hydrazone groups is 1. The molecule has 0 saturated heterocycles. The normalized spacial score (nSPS) is 11.0. The molecule has 0 fully saturated rings. The fraction of sp³-hybridized carbons (Fsp3) is 0.0556. The van der Waals surface area contributed by atoms with Crippen molar-refractivity contribution in [3.8, 4) is 22.1 Å². The van der Waals surface area contributed by atoms with E-state index in [4.69, 9.17) is 16.2 Å². The van der Waals surface area contributed by atoms with E-state index in [9.17, 15) is 9.59 Å². The van der Waals surface area contributed by atoms with E-state index in [2.05, 4.69) is 35.8 Å². The Labute approximate surface area is 183 Å². The number of amides is 2. The average Bonchev–Trinajstić information content (AvgIpc) is 3.53. The van der Waals surface area contributed by atoms with E-state index in [1.807, 2.05) is 11.4 Å². The third-order valence-corrected chi connectivity index (χ3v) is 4.85. The Hall–Kier alpha value is -4.59. The summed E-state index contributed by atoms with van der Waals surface area (Å²) in [6.07, 6.45) is 1.44. The van der Waals surface area contributed by atoms with E-state index >= 15 is 0 Å². The highest BCUT2D eigenvalue weighted by molar-refractivity contribution is 7.13. The molecule has 1 aromatic carbocycles. The van der Waals surface area contributed by atoms with Crippen molar-refractivity contribution in [1.82, 2.24) is 30.7 Å². The number of anilines is 1. The minimum absolute atomic E-state index is 0.000871.